The first-order valence-electron chi connectivity index (χ1n) is 9.41. The first kappa shape index (κ1) is 18.8. The van der Waals surface area contributed by atoms with E-state index in [4.69, 9.17) is 19.2 Å². The highest BCUT2D eigenvalue weighted by Gasteiger charge is 2.20. The van der Waals surface area contributed by atoms with Crippen molar-refractivity contribution in [2.75, 3.05) is 20.8 Å². The summed E-state index contributed by atoms with van der Waals surface area (Å²) in [5.74, 6) is 1.61. The topological polar surface area (TPSA) is 45.0 Å². The molecule has 0 bridgehead atoms. The number of thiazole rings is 1. The molecule has 2 heterocycles. The molecule has 1 unspecified atom stereocenters. The van der Waals surface area contributed by atoms with Crippen LogP contribution in [0.3, 0.4) is 0 Å². The minimum Gasteiger partial charge on any atom is -0.496 e. The SMILES string of the molecule is COc1ccccc1N=c1scc(-c2ccccc2OC)n1CC1CCCO1. The zero-order valence-corrected chi connectivity index (χ0v) is 16.9. The van der Waals surface area contributed by atoms with Crippen LogP contribution in [0.15, 0.2) is 58.9 Å². The molecule has 5 nitrogen and oxygen atoms in total. The number of hydrogen-bond donors (Lipinski definition) is 0. The fourth-order valence-electron chi connectivity index (χ4n) is 3.48. The number of ether oxygens (including phenoxy) is 3. The minimum atomic E-state index is 0.208. The lowest BCUT2D eigenvalue weighted by atomic mass is 10.1. The highest BCUT2D eigenvalue weighted by molar-refractivity contribution is 7.07. The van der Waals surface area contributed by atoms with Crippen molar-refractivity contribution in [1.29, 1.82) is 0 Å². The molecule has 1 aliphatic rings. The molecule has 2 aromatic carbocycles. The monoisotopic (exact) mass is 396 g/mol. The van der Waals surface area contributed by atoms with Gasteiger partial charge in [-0.25, -0.2) is 4.99 Å². The Bertz CT molecular complexity index is 1000. The van der Waals surface area contributed by atoms with Gasteiger partial charge in [0, 0.05) is 17.6 Å². The van der Waals surface area contributed by atoms with Gasteiger partial charge in [-0.1, -0.05) is 24.3 Å². The Hall–Kier alpha value is -2.57. The normalized spacial score (nSPS) is 17.1. The van der Waals surface area contributed by atoms with Crippen molar-refractivity contribution < 1.29 is 14.2 Å². The van der Waals surface area contributed by atoms with Crippen LogP contribution >= 0.6 is 11.3 Å². The fourth-order valence-corrected chi connectivity index (χ4v) is 4.41. The molecule has 1 fully saturated rings. The highest BCUT2D eigenvalue weighted by Crippen LogP contribution is 2.31. The van der Waals surface area contributed by atoms with Crippen LogP contribution in [-0.2, 0) is 11.3 Å². The maximum Gasteiger partial charge on any atom is 0.190 e. The lowest BCUT2D eigenvalue weighted by molar-refractivity contribution is 0.0968. The summed E-state index contributed by atoms with van der Waals surface area (Å²) in [7, 11) is 3.37. The van der Waals surface area contributed by atoms with Gasteiger partial charge in [-0.3, -0.25) is 0 Å². The third-order valence-electron chi connectivity index (χ3n) is 4.89. The van der Waals surface area contributed by atoms with Crippen LogP contribution in [0.25, 0.3) is 11.3 Å². The summed E-state index contributed by atoms with van der Waals surface area (Å²) in [5.41, 5.74) is 2.96. The molecule has 0 amide bonds. The molecule has 1 aromatic heterocycles. The summed E-state index contributed by atoms with van der Waals surface area (Å²) < 4.78 is 19.2. The molecule has 0 N–H and O–H groups in total. The van der Waals surface area contributed by atoms with E-state index in [1.807, 2.05) is 42.5 Å². The van der Waals surface area contributed by atoms with Gasteiger partial charge in [0.2, 0.25) is 0 Å². The van der Waals surface area contributed by atoms with E-state index in [9.17, 15) is 0 Å². The summed E-state index contributed by atoms with van der Waals surface area (Å²) in [6.07, 6.45) is 2.39. The molecule has 0 spiro atoms. The predicted molar refractivity (Wildman–Crippen MR) is 111 cm³/mol. The Morgan fingerprint density at radius 1 is 1.07 bits per heavy atom. The number of methoxy groups -OCH3 is 2. The van der Waals surface area contributed by atoms with E-state index in [2.05, 4.69) is 16.0 Å². The molecule has 146 valence electrons. The number of benzene rings is 2. The second kappa shape index (κ2) is 8.63. The Labute approximate surface area is 168 Å². The molecule has 28 heavy (non-hydrogen) atoms. The third kappa shape index (κ3) is 3.84. The largest absolute Gasteiger partial charge is 0.496 e. The standard InChI is InChI=1S/C22H24N2O3S/c1-25-20-11-5-3-9-17(20)19-15-28-22(24(19)14-16-8-7-13-27-16)23-18-10-4-6-12-21(18)26-2/h3-6,9-12,15-16H,7-8,13-14H2,1-2H3. The van der Waals surface area contributed by atoms with Gasteiger partial charge in [-0.05, 0) is 37.1 Å². The van der Waals surface area contributed by atoms with Crippen molar-refractivity contribution in [3.05, 3.63) is 58.7 Å². The summed E-state index contributed by atoms with van der Waals surface area (Å²) >= 11 is 1.62. The van der Waals surface area contributed by atoms with Crippen molar-refractivity contribution in [2.24, 2.45) is 4.99 Å². The van der Waals surface area contributed by atoms with Crippen LogP contribution in [0.1, 0.15) is 12.8 Å². The van der Waals surface area contributed by atoms with Gasteiger partial charge in [-0.2, -0.15) is 0 Å². The van der Waals surface area contributed by atoms with Crippen LogP contribution in [-0.4, -0.2) is 31.5 Å². The van der Waals surface area contributed by atoms with E-state index in [-0.39, 0.29) is 6.10 Å². The van der Waals surface area contributed by atoms with Crippen molar-refractivity contribution in [3.8, 4) is 22.8 Å². The molecular weight excluding hydrogens is 372 g/mol. The van der Waals surface area contributed by atoms with E-state index < -0.39 is 0 Å². The zero-order valence-electron chi connectivity index (χ0n) is 16.1. The molecule has 0 aliphatic carbocycles. The maximum absolute atomic E-state index is 5.91. The van der Waals surface area contributed by atoms with Gasteiger partial charge in [0.1, 0.15) is 17.2 Å². The van der Waals surface area contributed by atoms with Gasteiger partial charge < -0.3 is 18.8 Å². The Morgan fingerprint density at radius 2 is 1.82 bits per heavy atom. The quantitative estimate of drug-likeness (QED) is 0.609. The zero-order chi connectivity index (χ0) is 19.3. The van der Waals surface area contributed by atoms with Crippen LogP contribution in [0.5, 0.6) is 11.5 Å². The first-order chi connectivity index (χ1) is 13.8. The minimum absolute atomic E-state index is 0.208. The maximum atomic E-state index is 5.91. The van der Waals surface area contributed by atoms with Crippen LogP contribution < -0.4 is 14.3 Å². The molecule has 1 saturated heterocycles. The van der Waals surface area contributed by atoms with E-state index in [0.717, 1.165) is 59.2 Å². The average molecular weight is 397 g/mol. The molecule has 1 atom stereocenters. The lowest BCUT2D eigenvalue weighted by Crippen LogP contribution is -2.24. The Morgan fingerprint density at radius 3 is 2.57 bits per heavy atom. The number of rotatable bonds is 6. The van der Waals surface area contributed by atoms with Crippen molar-refractivity contribution in [2.45, 2.75) is 25.5 Å². The molecule has 3 aromatic rings. The summed E-state index contributed by atoms with van der Waals surface area (Å²) in [6.45, 7) is 1.60. The van der Waals surface area contributed by atoms with Gasteiger partial charge >= 0.3 is 0 Å². The number of aromatic nitrogens is 1. The van der Waals surface area contributed by atoms with Gasteiger partial charge in [0.15, 0.2) is 4.80 Å². The second-order valence-electron chi connectivity index (χ2n) is 6.63. The first-order valence-corrected chi connectivity index (χ1v) is 10.3. The number of hydrogen-bond acceptors (Lipinski definition) is 5. The smallest absolute Gasteiger partial charge is 0.190 e. The van der Waals surface area contributed by atoms with E-state index in [1.165, 1.54) is 0 Å². The van der Waals surface area contributed by atoms with Crippen molar-refractivity contribution in [1.82, 2.24) is 4.57 Å². The van der Waals surface area contributed by atoms with E-state index in [0.29, 0.717) is 0 Å². The van der Waals surface area contributed by atoms with Crippen molar-refractivity contribution >= 4 is 17.0 Å². The van der Waals surface area contributed by atoms with Crippen LogP contribution in [0.2, 0.25) is 0 Å². The molecule has 4 rings (SSSR count). The number of para-hydroxylation sites is 3. The Balaban J connectivity index is 1.85. The van der Waals surface area contributed by atoms with Crippen LogP contribution in [0, 0.1) is 0 Å². The van der Waals surface area contributed by atoms with E-state index in [1.54, 1.807) is 25.6 Å². The van der Waals surface area contributed by atoms with E-state index >= 15 is 0 Å². The van der Waals surface area contributed by atoms with Gasteiger partial charge in [0.05, 0.1) is 32.6 Å². The van der Waals surface area contributed by atoms with Gasteiger partial charge in [-0.15, -0.1) is 11.3 Å². The summed E-state index contributed by atoms with van der Waals surface area (Å²) in [4.78, 5) is 5.83. The van der Waals surface area contributed by atoms with Gasteiger partial charge in [0.25, 0.3) is 0 Å². The lowest BCUT2D eigenvalue weighted by Gasteiger charge is -2.15. The molecule has 1 aliphatic heterocycles. The molecule has 0 saturated carbocycles. The summed E-state index contributed by atoms with van der Waals surface area (Å²) in [5, 5.41) is 2.14. The third-order valence-corrected chi connectivity index (χ3v) is 5.76. The molecule has 6 heteroatoms. The highest BCUT2D eigenvalue weighted by atomic mass is 32.1. The second-order valence-corrected chi connectivity index (χ2v) is 7.47. The Kier molecular flexibility index (Phi) is 5.78. The number of nitrogens with zero attached hydrogens (tertiary/aromatic N) is 2. The van der Waals surface area contributed by atoms with Crippen molar-refractivity contribution in [3.63, 3.8) is 0 Å². The predicted octanol–water partition coefficient (Wildman–Crippen LogP) is 4.65. The molecule has 0 radical (unpaired) electrons. The average Bonchev–Trinajstić information content (AvgIpc) is 3.39. The summed E-state index contributed by atoms with van der Waals surface area (Å²) in [6, 6.07) is 15.9. The molecular formula is C22H24N2O3S. The fraction of sp³-hybridized carbons (Fsp3) is 0.318. The van der Waals surface area contributed by atoms with Crippen LogP contribution in [0.4, 0.5) is 5.69 Å².